The summed E-state index contributed by atoms with van der Waals surface area (Å²) in [5.41, 5.74) is 2.88. The molecule has 0 atom stereocenters. The van der Waals surface area contributed by atoms with Crippen molar-refractivity contribution in [2.45, 2.75) is 6.92 Å². The summed E-state index contributed by atoms with van der Waals surface area (Å²) in [6.45, 7) is 1.91. The third-order valence-electron chi connectivity index (χ3n) is 4.68. The summed E-state index contributed by atoms with van der Waals surface area (Å²) in [4.78, 5) is 35.9. The fraction of sp³-hybridized carbons (Fsp3) is 0.0417. The highest BCUT2D eigenvalue weighted by Crippen LogP contribution is 2.23. The molecule has 0 fully saturated rings. The molecule has 2 N–H and O–H groups in total. The molecule has 0 aliphatic heterocycles. The SMILES string of the molecule is Cc1ccc2oc(-c3ccc(C(=O)Nc4cccc(C(=O)O)c4)cc3)cc(=O)c2c1. The van der Waals surface area contributed by atoms with E-state index in [1.165, 1.54) is 18.2 Å². The van der Waals surface area contributed by atoms with Crippen molar-refractivity contribution >= 4 is 28.5 Å². The van der Waals surface area contributed by atoms with E-state index < -0.39 is 5.97 Å². The molecule has 0 bridgehead atoms. The highest BCUT2D eigenvalue weighted by molar-refractivity contribution is 6.05. The van der Waals surface area contributed by atoms with Gasteiger partial charge in [0, 0.05) is 22.9 Å². The van der Waals surface area contributed by atoms with Gasteiger partial charge in [0.25, 0.3) is 5.91 Å². The van der Waals surface area contributed by atoms with Crippen LogP contribution in [0, 0.1) is 6.92 Å². The van der Waals surface area contributed by atoms with Crippen LogP contribution in [0.2, 0.25) is 0 Å². The minimum absolute atomic E-state index is 0.0877. The molecule has 0 saturated carbocycles. The van der Waals surface area contributed by atoms with Gasteiger partial charge in [0.2, 0.25) is 0 Å². The Morgan fingerprint density at radius 3 is 2.40 bits per heavy atom. The molecule has 0 saturated heterocycles. The molecular weight excluding hydrogens is 382 g/mol. The Morgan fingerprint density at radius 2 is 1.67 bits per heavy atom. The highest BCUT2D eigenvalue weighted by Gasteiger charge is 2.11. The van der Waals surface area contributed by atoms with Gasteiger partial charge in [-0.15, -0.1) is 0 Å². The third kappa shape index (κ3) is 3.84. The fourth-order valence-corrected chi connectivity index (χ4v) is 3.13. The van der Waals surface area contributed by atoms with Crippen molar-refractivity contribution in [1.82, 2.24) is 0 Å². The number of aromatic carboxylic acids is 1. The van der Waals surface area contributed by atoms with Gasteiger partial charge in [0.15, 0.2) is 5.43 Å². The number of rotatable bonds is 4. The number of carbonyl (C=O) groups is 2. The summed E-state index contributed by atoms with van der Waals surface area (Å²) in [5.74, 6) is -1.03. The van der Waals surface area contributed by atoms with E-state index in [9.17, 15) is 14.4 Å². The second-order valence-electron chi connectivity index (χ2n) is 6.89. The van der Waals surface area contributed by atoms with Gasteiger partial charge in [-0.2, -0.15) is 0 Å². The number of carboxylic acids is 1. The lowest BCUT2D eigenvalue weighted by atomic mass is 10.1. The largest absolute Gasteiger partial charge is 0.478 e. The van der Waals surface area contributed by atoms with Crippen LogP contribution >= 0.6 is 0 Å². The maximum Gasteiger partial charge on any atom is 0.335 e. The second-order valence-corrected chi connectivity index (χ2v) is 6.89. The van der Waals surface area contributed by atoms with Crippen LogP contribution in [0.1, 0.15) is 26.3 Å². The third-order valence-corrected chi connectivity index (χ3v) is 4.68. The van der Waals surface area contributed by atoms with E-state index in [0.717, 1.165) is 5.56 Å². The molecule has 0 radical (unpaired) electrons. The molecule has 4 rings (SSSR count). The Labute approximate surface area is 171 Å². The van der Waals surface area contributed by atoms with E-state index in [1.807, 2.05) is 13.0 Å². The first-order valence-corrected chi connectivity index (χ1v) is 9.20. The van der Waals surface area contributed by atoms with Crippen LogP contribution in [0.25, 0.3) is 22.3 Å². The molecule has 1 amide bonds. The number of anilines is 1. The minimum Gasteiger partial charge on any atom is -0.478 e. The van der Waals surface area contributed by atoms with Crippen molar-refractivity contribution in [2.75, 3.05) is 5.32 Å². The zero-order chi connectivity index (χ0) is 21.3. The highest BCUT2D eigenvalue weighted by atomic mass is 16.4. The van der Waals surface area contributed by atoms with E-state index >= 15 is 0 Å². The predicted octanol–water partition coefficient (Wildman–Crippen LogP) is 4.72. The molecular formula is C24H17NO5. The summed E-state index contributed by atoms with van der Waals surface area (Å²) >= 11 is 0. The number of carbonyl (C=O) groups excluding carboxylic acids is 1. The summed E-state index contributed by atoms with van der Waals surface area (Å²) in [7, 11) is 0. The van der Waals surface area contributed by atoms with Crippen molar-refractivity contribution in [3.8, 4) is 11.3 Å². The van der Waals surface area contributed by atoms with E-state index in [1.54, 1.807) is 48.5 Å². The van der Waals surface area contributed by atoms with Crippen molar-refractivity contribution < 1.29 is 19.1 Å². The molecule has 0 aliphatic carbocycles. The van der Waals surface area contributed by atoms with Crippen LogP contribution < -0.4 is 10.7 Å². The van der Waals surface area contributed by atoms with Gasteiger partial charge in [0.05, 0.1) is 10.9 Å². The molecule has 4 aromatic rings. The number of fused-ring (bicyclic) bond motifs is 1. The number of hydrogen-bond acceptors (Lipinski definition) is 4. The Bertz CT molecular complexity index is 1340. The zero-order valence-electron chi connectivity index (χ0n) is 16.0. The van der Waals surface area contributed by atoms with Gasteiger partial charge < -0.3 is 14.8 Å². The lowest BCUT2D eigenvalue weighted by Crippen LogP contribution is -2.12. The second kappa shape index (κ2) is 7.67. The average Bonchev–Trinajstić information content (AvgIpc) is 2.74. The molecule has 0 aliphatic rings. The molecule has 30 heavy (non-hydrogen) atoms. The van der Waals surface area contributed by atoms with Gasteiger partial charge in [-0.3, -0.25) is 9.59 Å². The zero-order valence-corrected chi connectivity index (χ0v) is 16.0. The van der Waals surface area contributed by atoms with Gasteiger partial charge in [-0.25, -0.2) is 4.79 Å². The summed E-state index contributed by atoms with van der Waals surface area (Å²) in [5, 5.41) is 12.3. The Hall–Kier alpha value is -4.19. The number of aryl methyl sites for hydroxylation is 1. The monoisotopic (exact) mass is 399 g/mol. The van der Waals surface area contributed by atoms with Crippen LogP contribution in [0.4, 0.5) is 5.69 Å². The average molecular weight is 399 g/mol. The smallest absolute Gasteiger partial charge is 0.335 e. The molecule has 1 aromatic heterocycles. The standard InChI is InChI=1S/C24H17NO5/c1-14-5-10-21-19(11-14)20(26)13-22(30-21)15-6-8-16(9-7-15)23(27)25-18-4-2-3-17(12-18)24(28)29/h2-13H,1H3,(H,25,27)(H,28,29). The number of nitrogens with one attached hydrogen (secondary N) is 1. The first-order valence-electron chi connectivity index (χ1n) is 9.20. The van der Waals surface area contributed by atoms with Crippen LogP contribution in [0.5, 0.6) is 0 Å². The van der Waals surface area contributed by atoms with Crippen molar-refractivity contribution in [2.24, 2.45) is 0 Å². The number of carboxylic acid groups (broad SMARTS) is 1. The number of benzene rings is 3. The van der Waals surface area contributed by atoms with Crippen LogP contribution in [-0.4, -0.2) is 17.0 Å². The Morgan fingerprint density at radius 1 is 0.900 bits per heavy atom. The normalized spacial score (nSPS) is 10.7. The lowest BCUT2D eigenvalue weighted by Gasteiger charge is -2.08. The van der Waals surface area contributed by atoms with Crippen LogP contribution in [-0.2, 0) is 0 Å². The number of hydrogen-bond donors (Lipinski definition) is 2. The summed E-state index contributed by atoms with van der Waals surface area (Å²) < 4.78 is 5.86. The number of amides is 1. The molecule has 0 unspecified atom stereocenters. The van der Waals surface area contributed by atoms with Gasteiger partial charge >= 0.3 is 5.97 Å². The predicted molar refractivity (Wildman–Crippen MR) is 114 cm³/mol. The molecule has 3 aromatic carbocycles. The first kappa shape index (κ1) is 19.1. The Kier molecular flexibility index (Phi) is 4.90. The lowest BCUT2D eigenvalue weighted by molar-refractivity contribution is 0.0696. The maximum atomic E-state index is 12.5. The van der Waals surface area contributed by atoms with Crippen LogP contribution in [0.3, 0.4) is 0 Å². The molecule has 6 heteroatoms. The van der Waals surface area contributed by atoms with Gasteiger partial charge in [0.1, 0.15) is 11.3 Å². The van der Waals surface area contributed by atoms with E-state index in [0.29, 0.717) is 33.5 Å². The van der Waals surface area contributed by atoms with E-state index in [4.69, 9.17) is 9.52 Å². The van der Waals surface area contributed by atoms with Crippen molar-refractivity contribution in [3.05, 3.63) is 99.7 Å². The molecule has 6 nitrogen and oxygen atoms in total. The summed E-state index contributed by atoms with van der Waals surface area (Å²) in [6, 6.07) is 19.5. The van der Waals surface area contributed by atoms with Gasteiger partial charge in [-0.05, 0) is 49.4 Å². The molecule has 148 valence electrons. The van der Waals surface area contributed by atoms with E-state index in [2.05, 4.69) is 5.32 Å². The topological polar surface area (TPSA) is 96.6 Å². The van der Waals surface area contributed by atoms with Crippen LogP contribution in [0.15, 0.2) is 82.0 Å². The maximum absolute atomic E-state index is 12.5. The minimum atomic E-state index is -1.07. The first-order chi connectivity index (χ1) is 14.4. The summed E-state index contributed by atoms with van der Waals surface area (Å²) in [6.07, 6.45) is 0. The molecule has 1 heterocycles. The van der Waals surface area contributed by atoms with Gasteiger partial charge in [-0.1, -0.05) is 29.8 Å². The fourth-order valence-electron chi connectivity index (χ4n) is 3.13. The quantitative estimate of drug-likeness (QED) is 0.518. The van der Waals surface area contributed by atoms with Crippen molar-refractivity contribution in [3.63, 3.8) is 0 Å². The Balaban J connectivity index is 1.58. The van der Waals surface area contributed by atoms with Crippen molar-refractivity contribution in [1.29, 1.82) is 0 Å². The molecule has 0 spiro atoms. The van der Waals surface area contributed by atoms with E-state index in [-0.39, 0.29) is 16.9 Å².